The number of amides is 1. The van der Waals surface area contributed by atoms with Gasteiger partial charge < -0.3 is 4.90 Å². The Morgan fingerprint density at radius 2 is 2.13 bits per heavy atom. The first kappa shape index (κ1) is 15.7. The van der Waals surface area contributed by atoms with Gasteiger partial charge in [-0.25, -0.2) is 8.89 Å². The Kier molecular flexibility index (Phi) is 3.92. The van der Waals surface area contributed by atoms with E-state index in [1.165, 1.54) is 10.9 Å². The second-order valence-electron chi connectivity index (χ2n) is 4.88. The summed E-state index contributed by atoms with van der Waals surface area (Å²) < 4.78 is 49.8. The summed E-state index contributed by atoms with van der Waals surface area (Å²) in [5.74, 6) is -1.46. The molecule has 0 N–H and O–H groups in total. The maximum atomic E-state index is 12.4. The van der Waals surface area contributed by atoms with Crippen molar-refractivity contribution in [2.75, 3.05) is 12.4 Å². The molecule has 122 valence electrons. The molecule has 1 aliphatic rings. The highest BCUT2D eigenvalue weighted by atomic mass is 32.2. The molecule has 0 aliphatic carbocycles. The fourth-order valence-electron chi connectivity index (χ4n) is 2.25. The molecule has 1 atom stereocenters. The zero-order chi connectivity index (χ0) is 16.6. The van der Waals surface area contributed by atoms with Crippen molar-refractivity contribution in [1.29, 1.82) is 0 Å². The van der Waals surface area contributed by atoms with Crippen LogP contribution in [0, 0.1) is 0 Å². The normalized spacial score (nSPS) is 16.3. The van der Waals surface area contributed by atoms with Crippen LogP contribution in [0.4, 0.5) is 13.2 Å². The van der Waals surface area contributed by atoms with Crippen molar-refractivity contribution in [2.45, 2.75) is 11.9 Å². The van der Waals surface area contributed by atoms with Crippen LogP contribution in [0.5, 0.6) is 0 Å². The number of hydrogen-bond acceptors (Lipinski definition) is 4. The SMILES string of the molecule is O=C1c2cn(-c3cccnc3)nc2CCN1CS(=O)C(F)(F)F. The Bertz CT molecular complexity index is 760. The van der Waals surface area contributed by atoms with E-state index < -0.39 is 28.1 Å². The van der Waals surface area contributed by atoms with Crippen molar-refractivity contribution in [1.82, 2.24) is 19.7 Å². The number of halogens is 3. The Morgan fingerprint density at radius 3 is 2.78 bits per heavy atom. The monoisotopic (exact) mass is 344 g/mol. The van der Waals surface area contributed by atoms with Crippen molar-refractivity contribution >= 4 is 16.7 Å². The molecule has 1 amide bonds. The summed E-state index contributed by atoms with van der Waals surface area (Å²) in [6, 6.07) is 3.45. The zero-order valence-electron chi connectivity index (χ0n) is 11.7. The molecule has 2 aromatic rings. The topological polar surface area (TPSA) is 68.1 Å². The van der Waals surface area contributed by atoms with Gasteiger partial charge in [-0.3, -0.25) is 9.78 Å². The quantitative estimate of drug-likeness (QED) is 0.846. The largest absolute Gasteiger partial charge is 0.472 e. The fraction of sp³-hybridized carbons (Fsp3) is 0.308. The first-order valence-electron chi connectivity index (χ1n) is 6.59. The lowest BCUT2D eigenvalue weighted by Gasteiger charge is -2.25. The van der Waals surface area contributed by atoms with Crippen LogP contribution in [0.1, 0.15) is 16.1 Å². The minimum Gasteiger partial charge on any atom is -0.326 e. The molecular formula is C13H11F3N4O2S. The molecule has 3 heterocycles. The molecule has 0 spiro atoms. The second kappa shape index (κ2) is 5.76. The molecule has 3 rings (SSSR count). The molecule has 0 aromatic carbocycles. The van der Waals surface area contributed by atoms with Gasteiger partial charge in [-0.15, -0.1) is 0 Å². The summed E-state index contributed by atoms with van der Waals surface area (Å²) in [5.41, 5.74) is -3.47. The molecule has 1 aliphatic heterocycles. The molecule has 10 heteroatoms. The van der Waals surface area contributed by atoms with Crippen LogP contribution in [0.25, 0.3) is 5.69 Å². The highest BCUT2D eigenvalue weighted by molar-refractivity contribution is 7.85. The van der Waals surface area contributed by atoms with Crippen LogP contribution in [0.3, 0.4) is 0 Å². The van der Waals surface area contributed by atoms with Crippen molar-refractivity contribution in [2.24, 2.45) is 0 Å². The number of pyridine rings is 1. The second-order valence-corrected chi connectivity index (χ2v) is 6.30. The van der Waals surface area contributed by atoms with E-state index in [0.29, 0.717) is 17.8 Å². The van der Waals surface area contributed by atoms with E-state index >= 15 is 0 Å². The summed E-state index contributed by atoms with van der Waals surface area (Å²) in [4.78, 5) is 17.2. The number of aromatic nitrogens is 3. The van der Waals surface area contributed by atoms with Crippen LogP contribution in [-0.4, -0.2) is 47.7 Å². The van der Waals surface area contributed by atoms with Crippen LogP contribution in [0.15, 0.2) is 30.7 Å². The fourth-order valence-corrected chi connectivity index (χ4v) is 2.92. The van der Waals surface area contributed by atoms with E-state index in [0.717, 1.165) is 4.90 Å². The summed E-state index contributed by atoms with van der Waals surface area (Å²) in [5, 5.41) is 4.26. The predicted octanol–water partition coefficient (Wildman–Crippen LogP) is 1.49. The molecule has 0 radical (unpaired) electrons. The minimum absolute atomic E-state index is 0.0533. The Labute approximate surface area is 131 Å². The van der Waals surface area contributed by atoms with Gasteiger partial charge in [0.05, 0.1) is 23.1 Å². The number of hydrogen-bond donors (Lipinski definition) is 0. The predicted molar refractivity (Wildman–Crippen MR) is 75.2 cm³/mol. The average molecular weight is 344 g/mol. The third-order valence-electron chi connectivity index (χ3n) is 3.37. The number of nitrogens with zero attached hydrogens (tertiary/aromatic N) is 4. The molecule has 2 aromatic heterocycles. The molecular weight excluding hydrogens is 333 g/mol. The van der Waals surface area contributed by atoms with E-state index in [1.807, 2.05) is 0 Å². The molecule has 23 heavy (non-hydrogen) atoms. The number of carbonyl (C=O) groups excluding carboxylic acids is 1. The van der Waals surface area contributed by atoms with Crippen molar-refractivity contribution in [3.8, 4) is 5.69 Å². The molecule has 0 saturated carbocycles. The molecule has 0 bridgehead atoms. The van der Waals surface area contributed by atoms with E-state index in [2.05, 4.69) is 10.1 Å². The van der Waals surface area contributed by atoms with Gasteiger partial charge in [0.25, 0.3) is 5.91 Å². The maximum Gasteiger partial charge on any atom is 0.472 e. The van der Waals surface area contributed by atoms with Crippen molar-refractivity contribution < 1.29 is 22.2 Å². The highest BCUT2D eigenvalue weighted by Crippen LogP contribution is 2.24. The van der Waals surface area contributed by atoms with Gasteiger partial charge in [0, 0.05) is 25.4 Å². The van der Waals surface area contributed by atoms with E-state index in [-0.39, 0.29) is 12.1 Å². The lowest BCUT2D eigenvalue weighted by molar-refractivity contribution is -0.0391. The van der Waals surface area contributed by atoms with Crippen LogP contribution < -0.4 is 0 Å². The standard InChI is InChI=1S/C13H11F3N4O2S/c14-13(15,16)23(22)8-19-5-3-11-10(12(19)21)7-20(18-11)9-2-1-4-17-6-9/h1-2,4,6-7H,3,5,8H2. The molecule has 1 unspecified atom stereocenters. The average Bonchev–Trinajstić information content (AvgIpc) is 2.95. The number of rotatable bonds is 3. The Hall–Kier alpha value is -2.23. The summed E-state index contributed by atoms with van der Waals surface area (Å²) in [6.07, 6.45) is 4.91. The molecule has 6 nitrogen and oxygen atoms in total. The summed E-state index contributed by atoms with van der Waals surface area (Å²) in [6.45, 7) is 0.0533. The summed E-state index contributed by atoms with van der Waals surface area (Å²) >= 11 is 0. The number of fused-ring (bicyclic) bond motifs is 1. The van der Waals surface area contributed by atoms with Gasteiger partial charge in [0.2, 0.25) is 0 Å². The molecule has 0 saturated heterocycles. The van der Waals surface area contributed by atoms with Gasteiger partial charge >= 0.3 is 5.51 Å². The third-order valence-corrected chi connectivity index (χ3v) is 4.43. The van der Waals surface area contributed by atoms with E-state index in [9.17, 15) is 22.2 Å². The first-order chi connectivity index (χ1) is 10.9. The maximum absolute atomic E-state index is 12.4. The van der Waals surface area contributed by atoms with Gasteiger partial charge in [0.15, 0.2) is 0 Å². The molecule has 0 fully saturated rings. The Balaban J connectivity index is 1.83. The van der Waals surface area contributed by atoms with Crippen molar-refractivity contribution in [3.63, 3.8) is 0 Å². The number of alkyl halides is 3. The van der Waals surface area contributed by atoms with E-state index in [4.69, 9.17) is 0 Å². The van der Waals surface area contributed by atoms with Crippen LogP contribution in [-0.2, 0) is 17.2 Å². The van der Waals surface area contributed by atoms with Gasteiger partial charge in [-0.2, -0.15) is 18.3 Å². The third kappa shape index (κ3) is 3.11. The lowest BCUT2D eigenvalue weighted by atomic mass is 10.1. The summed E-state index contributed by atoms with van der Waals surface area (Å²) in [7, 11) is -3.09. The minimum atomic E-state index is -4.83. The highest BCUT2D eigenvalue weighted by Gasteiger charge is 2.39. The van der Waals surface area contributed by atoms with E-state index in [1.54, 1.807) is 24.5 Å². The van der Waals surface area contributed by atoms with Crippen molar-refractivity contribution in [3.05, 3.63) is 42.0 Å². The Morgan fingerprint density at radius 1 is 1.35 bits per heavy atom. The lowest BCUT2D eigenvalue weighted by Crippen LogP contribution is -2.41. The van der Waals surface area contributed by atoms with Crippen LogP contribution >= 0.6 is 0 Å². The van der Waals surface area contributed by atoms with Gasteiger partial charge in [0.1, 0.15) is 16.7 Å². The van der Waals surface area contributed by atoms with Gasteiger partial charge in [-0.05, 0) is 12.1 Å². The smallest absolute Gasteiger partial charge is 0.326 e. The van der Waals surface area contributed by atoms with Crippen LogP contribution in [0.2, 0.25) is 0 Å². The first-order valence-corrected chi connectivity index (χ1v) is 7.91. The zero-order valence-corrected chi connectivity index (χ0v) is 12.5. The van der Waals surface area contributed by atoms with Gasteiger partial charge in [-0.1, -0.05) is 0 Å². The number of carbonyl (C=O) groups is 1.